The quantitative estimate of drug-likeness (QED) is 0.441. The molecule has 0 atom stereocenters. The van der Waals surface area contributed by atoms with Gasteiger partial charge >= 0.3 is 0 Å². The first-order chi connectivity index (χ1) is 11.5. The van der Waals surface area contributed by atoms with Gasteiger partial charge in [-0.2, -0.15) is 5.10 Å². The molecule has 0 aliphatic heterocycles. The van der Waals surface area contributed by atoms with Crippen molar-refractivity contribution in [2.75, 3.05) is 5.43 Å². The molecule has 24 heavy (non-hydrogen) atoms. The van der Waals surface area contributed by atoms with Crippen molar-refractivity contribution >= 4 is 45.9 Å². The lowest BCUT2D eigenvalue weighted by molar-refractivity contribution is 0.474. The molecule has 122 valence electrons. The molecule has 0 aliphatic carbocycles. The van der Waals surface area contributed by atoms with E-state index in [1.54, 1.807) is 35.7 Å². The zero-order valence-electron chi connectivity index (χ0n) is 12.1. The van der Waals surface area contributed by atoms with Crippen molar-refractivity contribution in [3.63, 3.8) is 0 Å². The summed E-state index contributed by atoms with van der Waals surface area (Å²) in [5.41, 5.74) is 4.34. The standard InChI is InChI=1S/C16H11Cl2N3O2S/c17-10-5-11(15(23)12(18)6-10)13-8-24-16(20-13)21-19-7-9-3-1-2-4-14(9)22/h1-8,22-23H,(H,20,21)/b19-7+. The molecule has 0 aliphatic rings. The fourth-order valence-electron chi connectivity index (χ4n) is 1.96. The number of rotatable bonds is 4. The summed E-state index contributed by atoms with van der Waals surface area (Å²) in [5.74, 6) is 0.0667. The number of hydrogen-bond acceptors (Lipinski definition) is 6. The molecule has 0 saturated carbocycles. The third-order valence-electron chi connectivity index (χ3n) is 3.11. The Morgan fingerprint density at radius 2 is 1.96 bits per heavy atom. The average molecular weight is 380 g/mol. The average Bonchev–Trinajstić information content (AvgIpc) is 3.01. The molecule has 0 saturated heterocycles. The summed E-state index contributed by atoms with van der Waals surface area (Å²) in [6, 6.07) is 9.90. The number of anilines is 1. The zero-order valence-corrected chi connectivity index (χ0v) is 14.4. The third-order valence-corrected chi connectivity index (χ3v) is 4.36. The summed E-state index contributed by atoms with van der Waals surface area (Å²) in [7, 11) is 0. The van der Waals surface area contributed by atoms with Crippen LogP contribution < -0.4 is 5.43 Å². The number of thiazole rings is 1. The van der Waals surface area contributed by atoms with E-state index in [9.17, 15) is 10.2 Å². The third kappa shape index (κ3) is 3.62. The largest absolute Gasteiger partial charge is 0.507 e. The summed E-state index contributed by atoms with van der Waals surface area (Å²) in [6.45, 7) is 0. The summed E-state index contributed by atoms with van der Waals surface area (Å²) < 4.78 is 0. The minimum absolute atomic E-state index is 0.0735. The van der Waals surface area contributed by atoms with Gasteiger partial charge in [-0.1, -0.05) is 35.3 Å². The van der Waals surface area contributed by atoms with Gasteiger partial charge in [0.05, 0.1) is 16.9 Å². The molecule has 0 amide bonds. The maximum atomic E-state index is 10.0. The molecule has 0 radical (unpaired) electrons. The number of aromatic nitrogens is 1. The van der Waals surface area contributed by atoms with Gasteiger partial charge in [0.25, 0.3) is 0 Å². The lowest BCUT2D eigenvalue weighted by Crippen LogP contribution is -1.90. The van der Waals surface area contributed by atoms with Gasteiger partial charge in [-0.05, 0) is 24.3 Å². The molecule has 8 heteroatoms. The Labute approximate surface area is 151 Å². The van der Waals surface area contributed by atoms with Gasteiger partial charge in [-0.15, -0.1) is 11.3 Å². The van der Waals surface area contributed by atoms with E-state index in [4.69, 9.17) is 23.2 Å². The molecular formula is C16H11Cl2N3O2S. The Kier molecular flexibility index (Phi) is 4.89. The van der Waals surface area contributed by atoms with Crippen LogP contribution in [0.2, 0.25) is 10.0 Å². The van der Waals surface area contributed by atoms with Crippen molar-refractivity contribution in [2.45, 2.75) is 0 Å². The first-order valence-corrected chi connectivity index (χ1v) is 8.39. The van der Waals surface area contributed by atoms with E-state index in [1.165, 1.54) is 23.6 Å². The van der Waals surface area contributed by atoms with E-state index in [-0.39, 0.29) is 16.5 Å². The highest BCUT2D eigenvalue weighted by atomic mass is 35.5. The Morgan fingerprint density at radius 3 is 2.75 bits per heavy atom. The Balaban J connectivity index is 1.78. The summed E-state index contributed by atoms with van der Waals surface area (Å²) in [5, 5.41) is 26.6. The van der Waals surface area contributed by atoms with Crippen molar-refractivity contribution in [1.29, 1.82) is 0 Å². The predicted octanol–water partition coefficient (Wildman–Crippen LogP) is 4.97. The fraction of sp³-hybridized carbons (Fsp3) is 0. The minimum atomic E-state index is -0.0735. The summed E-state index contributed by atoms with van der Waals surface area (Å²) >= 11 is 13.2. The highest BCUT2D eigenvalue weighted by molar-refractivity contribution is 7.14. The van der Waals surface area contributed by atoms with E-state index >= 15 is 0 Å². The number of benzene rings is 2. The van der Waals surface area contributed by atoms with Crippen molar-refractivity contribution in [3.05, 3.63) is 57.4 Å². The van der Waals surface area contributed by atoms with Crippen molar-refractivity contribution in [3.8, 4) is 22.8 Å². The van der Waals surface area contributed by atoms with Crippen LogP contribution in [-0.4, -0.2) is 21.4 Å². The van der Waals surface area contributed by atoms with Crippen LogP contribution in [0.5, 0.6) is 11.5 Å². The number of aromatic hydroxyl groups is 2. The van der Waals surface area contributed by atoms with Crippen LogP contribution in [0.15, 0.2) is 46.9 Å². The summed E-state index contributed by atoms with van der Waals surface area (Å²) in [4.78, 5) is 4.33. The maximum Gasteiger partial charge on any atom is 0.203 e. The van der Waals surface area contributed by atoms with E-state index in [1.807, 2.05) is 0 Å². The molecule has 3 N–H and O–H groups in total. The lowest BCUT2D eigenvalue weighted by atomic mass is 10.1. The first-order valence-electron chi connectivity index (χ1n) is 6.75. The molecule has 0 unspecified atom stereocenters. The molecule has 1 heterocycles. The molecule has 0 bridgehead atoms. The molecule has 0 spiro atoms. The van der Waals surface area contributed by atoms with Crippen LogP contribution in [-0.2, 0) is 0 Å². The van der Waals surface area contributed by atoms with Crippen molar-refractivity contribution in [1.82, 2.24) is 4.98 Å². The monoisotopic (exact) mass is 379 g/mol. The van der Waals surface area contributed by atoms with Gasteiger partial charge in [-0.25, -0.2) is 4.98 Å². The van der Waals surface area contributed by atoms with Crippen LogP contribution in [0, 0.1) is 0 Å². The lowest BCUT2D eigenvalue weighted by Gasteiger charge is -2.04. The smallest absolute Gasteiger partial charge is 0.203 e. The molecule has 3 aromatic rings. The van der Waals surface area contributed by atoms with Gasteiger partial charge in [-0.3, -0.25) is 5.43 Å². The van der Waals surface area contributed by atoms with Gasteiger partial charge in [0.2, 0.25) is 5.13 Å². The second kappa shape index (κ2) is 7.09. The van der Waals surface area contributed by atoms with Crippen molar-refractivity contribution < 1.29 is 10.2 Å². The van der Waals surface area contributed by atoms with Crippen LogP contribution >= 0.6 is 34.5 Å². The van der Waals surface area contributed by atoms with Crippen molar-refractivity contribution in [2.24, 2.45) is 5.10 Å². The van der Waals surface area contributed by atoms with Gasteiger partial charge in [0, 0.05) is 21.5 Å². The number of phenols is 2. The molecule has 5 nitrogen and oxygen atoms in total. The normalized spacial score (nSPS) is 11.1. The maximum absolute atomic E-state index is 10.0. The van der Waals surface area contributed by atoms with Crippen LogP contribution in [0.3, 0.4) is 0 Å². The highest BCUT2D eigenvalue weighted by Crippen LogP contribution is 2.38. The zero-order chi connectivity index (χ0) is 17.1. The van der Waals surface area contributed by atoms with Crippen LogP contribution in [0.25, 0.3) is 11.3 Å². The molecule has 1 aromatic heterocycles. The summed E-state index contributed by atoms with van der Waals surface area (Å²) in [6.07, 6.45) is 1.49. The number of hydrogen-bond donors (Lipinski definition) is 3. The number of halogens is 2. The highest BCUT2D eigenvalue weighted by Gasteiger charge is 2.13. The molecule has 3 rings (SSSR count). The predicted molar refractivity (Wildman–Crippen MR) is 98.6 cm³/mol. The van der Waals surface area contributed by atoms with E-state index < -0.39 is 0 Å². The topological polar surface area (TPSA) is 77.7 Å². The van der Waals surface area contributed by atoms with Crippen LogP contribution in [0.1, 0.15) is 5.56 Å². The van der Waals surface area contributed by atoms with Gasteiger partial charge < -0.3 is 10.2 Å². The molecule has 2 aromatic carbocycles. The van der Waals surface area contributed by atoms with Crippen LogP contribution in [0.4, 0.5) is 5.13 Å². The number of phenolic OH excluding ortho intramolecular Hbond substituents is 2. The van der Waals surface area contributed by atoms with Gasteiger partial charge in [0.1, 0.15) is 11.5 Å². The number of nitrogens with one attached hydrogen (secondary N) is 1. The number of para-hydroxylation sites is 1. The van der Waals surface area contributed by atoms with E-state index in [2.05, 4.69) is 15.5 Å². The molecule has 0 fully saturated rings. The Hall–Kier alpha value is -2.28. The fourth-order valence-corrected chi connectivity index (χ4v) is 3.12. The number of nitrogens with zero attached hydrogens (tertiary/aromatic N) is 2. The minimum Gasteiger partial charge on any atom is -0.507 e. The Bertz CT molecular complexity index is 912. The van der Waals surface area contributed by atoms with Gasteiger partial charge in [0.15, 0.2) is 0 Å². The first kappa shape index (κ1) is 16.6. The second-order valence-corrected chi connectivity index (χ2v) is 6.45. The molecular weight excluding hydrogens is 369 g/mol. The Morgan fingerprint density at radius 1 is 1.17 bits per heavy atom. The SMILES string of the molecule is Oc1ccccc1/C=N/Nc1nc(-c2cc(Cl)cc(Cl)c2O)cs1. The van der Waals surface area contributed by atoms with E-state index in [0.717, 1.165) is 0 Å². The second-order valence-electron chi connectivity index (χ2n) is 4.75. The number of hydrazone groups is 1. The van der Waals surface area contributed by atoms with E-state index in [0.29, 0.717) is 27.0 Å².